The average molecular weight is 445 g/mol. The molecule has 0 aromatic heterocycles. The Balaban J connectivity index is 1.54. The van der Waals surface area contributed by atoms with E-state index in [0.29, 0.717) is 19.1 Å². The van der Waals surface area contributed by atoms with Crippen LogP contribution in [0.1, 0.15) is 47.9 Å². The Morgan fingerprint density at radius 2 is 1.62 bits per heavy atom. The number of amides is 4. The number of hydrogen-bond acceptors (Lipinski definition) is 5. The lowest BCUT2D eigenvalue weighted by molar-refractivity contribution is 0.0638. The van der Waals surface area contributed by atoms with Crippen LogP contribution in [-0.2, 0) is 4.74 Å². The van der Waals surface area contributed by atoms with Gasteiger partial charge < -0.3 is 15.4 Å². The van der Waals surface area contributed by atoms with Gasteiger partial charge in [0.15, 0.2) is 0 Å². The van der Waals surface area contributed by atoms with Crippen LogP contribution < -0.4 is 10.6 Å². The lowest BCUT2D eigenvalue weighted by atomic mass is 10.1. The quantitative estimate of drug-likeness (QED) is 0.452. The molecule has 32 heavy (non-hydrogen) atoms. The number of carbonyl (C=O) groups is 4. The third kappa shape index (κ3) is 4.97. The Hall–Kier alpha value is -3.66. The fourth-order valence-electron chi connectivity index (χ4n) is 3.23. The Morgan fingerprint density at radius 1 is 0.938 bits per heavy atom. The summed E-state index contributed by atoms with van der Waals surface area (Å²) in [5, 5.41) is 4.99. The molecule has 0 saturated carbocycles. The molecule has 0 atom stereocenters. The summed E-state index contributed by atoms with van der Waals surface area (Å²) in [5.74, 6) is -3.91. The smallest absolute Gasteiger partial charge is 0.261 e. The molecule has 1 aliphatic rings. The predicted octanol–water partition coefficient (Wildman–Crippen LogP) is 1.76. The number of carbonyl (C=O) groups excluding carboxylic acids is 4. The number of benzene rings is 2. The highest BCUT2D eigenvalue weighted by molar-refractivity contribution is 6.22. The first kappa shape index (κ1) is 23.0. The molecule has 8 nitrogen and oxygen atoms in total. The summed E-state index contributed by atoms with van der Waals surface area (Å²) in [6.07, 6.45) is 0.503. The molecule has 168 valence electrons. The van der Waals surface area contributed by atoms with Crippen LogP contribution in [0, 0.1) is 11.6 Å². The van der Waals surface area contributed by atoms with Crippen molar-refractivity contribution in [3.8, 4) is 0 Å². The SMILES string of the molecule is COCCCN1C(=O)c2ccc(C(=O)NCCNC(=O)c3ccc(F)cc3F)cc2C1=O. The molecule has 0 radical (unpaired) electrons. The van der Waals surface area contributed by atoms with Crippen LogP contribution in [0.25, 0.3) is 0 Å². The summed E-state index contributed by atoms with van der Waals surface area (Å²) in [4.78, 5) is 50.4. The maximum Gasteiger partial charge on any atom is 0.261 e. The molecule has 2 N–H and O–H groups in total. The van der Waals surface area contributed by atoms with Gasteiger partial charge in [-0.25, -0.2) is 8.78 Å². The Morgan fingerprint density at radius 3 is 2.31 bits per heavy atom. The Bertz CT molecular complexity index is 1070. The molecule has 1 aliphatic heterocycles. The Kier molecular flexibility index (Phi) is 7.26. The number of rotatable bonds is 9. The van der Waals surface area contributed by atoms with Crippen LogP contribution in [0.15, 0.2) is 36.4 Å². The lowest BCUT2D eigenvalue weighted by Gasteiger charge is -2.12. The molecule has 1 heterocycles. The van der Waals surface area contributed by atoms with E-state index < -0.39 is 35.3 Å². The zero-order valence-corrected chi connectivity index (χ0v) is 17.2. The van der Waals surface area contributed by atoms with E-state index in [0.717, 1.165) is 17.0 Å². The molecule has 0 spiro atoms. The molecule has 10 heteroatoms. The molecule has 0 saturated heterocycles. The molecule has 0 fully saturated rings. The number of ether oxygens (including phenoxy) is 1. The lowest BCUT2D eigenvalue weighted by Crippen LogP contribution is -2.35. The van der Waals surface area contributed by atoms with Crippen molar-refractivity contribution in [3.63, 3.8) is 0 Å². The molecule has 0 unspecified atom stereocenters. The molecule has 4 amide bonds. The number of hydrogen-bond donors (Lipinski definition) is 2. The van der Waals surface area contributed by atoms with Gasteiger partial charge in [-0.05, 0) is 36.8 Å². The zero-order chi connectivity index (χ0) is 23.3. The highest BCUT2D eigenvalue weighted by Crippen LogP contribution is 2.24. The normalized spacial score (nSPS) is 12.7. The van der Waals surface area contributed by atoms with E-state index in [1.165, 1.54) is 25.3 Å². The fraction of sp³-hybridized carbons (Fsp3) is 0.273. The maximum absolute atomic E-state index is 13.6. The Labute approximate surface area is 182 Å². The predicted molar refractivity (Wildman–Crippen MR) is 109 cm³/mol. The van der Waals surface area contributed by atoms with E-state index in [-0.39, 0.29) is 41.9 Å². The van der Waals surface area contributed by atoms with Crippen molar-refractivity contribution in [1.82, 2.24) is 15.5 Å². The molecule has 3 rings (SSSR count). The van der Waals surface area contributed by atoms with E-state index in [1.807, 2.05) is 0 Å². The second-order valence-corrected chi connectivity index (χ2v) is 7.00. The van der Waals surface area contributed by atoms with Gasteiger partial charge >= 0.3 is 0 Å². The van der Waals surface area contributed by atoms with Gasteiger partial charge in [0.05, 0.1) is 16.7 Å². The summed E-state index contributed by atoms with van der Waals surface area (Å²) in [6, 6.07) is 6.83. The van der Waals surface area contributed by atoms with Crippen molar-refractivity contribution < 1.29 is 32.7 Å². The van der Waals surface area contributed by atoms with Crippen LogP contribution in [0.2, 0.25) is 0 Å². The maximum atomic E-state index is 13.6. The molecule has 0 aliphatic carbocycles. The van der Waals surface area contributed by atoms with Crippen molar-refractivity contribution >= 4 is 23.6 Å². The third-order valence-corrected chi connectivity index (χ3v) is 4.83. The summed E-state index contributed by atoms with van der Waals surface area (Å²) < 4.78 is 31.5. The van der Waals surface area contributed by atoms with Crippen molar-refractivity contribution in [2.24, 2.45) is 0 Å². The van der Waals surface area contributed by atoms with Crippen molar-refractivity contribution in [3.05, 3.63) is 70.3 Å². The van der Waals surface area contributed by atoms with E-state index in [2.05, 4.69) is 10.6 Å². The first-order valence-corrected chi connectivity index (χ1v) is 9.84. The topological polar surface area (TPSA) is 105 Å². The fourth-order valence-corrected chi connectivity index (χ4v) is 3.23. The van der Waals surface area contributed by atoms with Gasteiger partial charge in [-0.2, -0.15) is 0 Å². The van der Waals surface area contributed by atoms with Gasteiger partial charge in [0.25, 0.3) is 23.6 Å². The summed E-state index contributed by atoms with van der Waals surface area (Å²) >= 11 is 0. The third-order valence-electron chi connectivity index (χ3n) is 4.83. The van der Waals surface area contributed by atoms with E-state index in [9.17, 15) is 28.0 Å². The molecular weight excluding hydrogens is 424 g/mol. The number of nitrogens with one attached hydrogen (secondary N) is 2. The largest absolute Gasteiger partial charge is 0.385 e. The number of methoxy groups -OCH3 is 1. The number of halogens is 2. The minimum atomic E-state index is -0.986. The number of fused-ring (bicyclic) bond motifs is 1. The van der Waals surface area contributed by atoms with Crippen LogP contribution >= 0.6 is 0 Å². The second kappa shape index (κ2) is 10.1. The summed E-state index contributed by atoms with van der Waals surface area (Å²) in [5.41, 5.74) is 0.256. The number of nitrogens with zero attached hydrogens (tertiary/aromatic N) is 1. The van der Waals surface area contributed by atoms with Crippen molar-refractivity contribution in [2.45, 2.75) is 6.42 Å². The molecule has 0 bridgehead atoms. The van der Waals surface area contributed by atoms with Crippen LogP contribution in [0.3, 0.4) is 0 Å². The minimum Gasteiger partial charge on any atom is -0.385 e. The van der Waals surface area contributed by atoms with Gasteiger partial charge in [0.1, 0.15) is 11.6 Å². The second-order valence-electron chi connectivity index (χ2n) is 7.00. The van der Waals surface area contributed by atoms with Crippen LogP contribution in [0.5, 0.6) is 0 Å². The van der Waals surface area contributed by atoms with Gasteiger partial charge in [-0.1, -0.05) is 0 Å². The monoisotopic (exact) mass is 445 g/mol. The van der Waals surface area contributed by atoms with Crippen molar-refractivity contribution in [2.75, 3.05) is 33.4 Å². The molecule has 2 aromatic carbocycles. The minimum absolute atomic E-state index is 0.00295. The van der Waals surface area contributed by atoms with Gasteiger partial charge in [-0.15, -0.1) is 0 Å². The first-order valence-electron chi connectivity index (χ1n) is 9.84. The van der Waals surface area contributed by atoms with Crippen LogP contribution in [0.4, 0.5) is 8.78 Å². The van der Waals surface area contributed by atoms with Crippen LogP contribution in [-0.4, -0.2) is 61.9 Å². The first-order chi connectivity index (χ1) is 15.3. The van der Waals surface area contributed by atoms with Crippen molar-refractivity contribution in [1.29, 1.82) is 0 Å². The average Bonchev–Trinajstić information content (AvgIpc) is 3.01. The van der Waals surface area contributed by atoms with Gasteiger partial charge in [0.2, 0.25) is 0 Å². The molecule has 2 aromatic rings. The standard InChI is InChI=1S/C22H21F2N3O5/c1-32-10-2-9-27-21(30)15-5-3-13(11-17(15)22(27)31)19(28)25-7-8-26-20(29)16-6-4-14(23)12-18(16)24/h3-6,11-12H,2,7-10H2,1H3,(H,25,28)(H,26,29). The highest BCUT2D eigenvalue weighted by atomic mass is 19.1. The van der Waals surface area contributed by atoms with Gasteiger partial charge in [0, 0.05) is 45.0 Å². The zero-order valence-electron chi connectivity index (χ0n) is 17.2. The van der Waals surface area contributed by atoms with E-state index in [1.54, 1.807) is 0 Å². The summed E-state index contributed by atoms with van der Waals surface area (Å²) in [6.45, 7) is 0.652. The van der Waals surface area contributed by atoms with E-state index >= 15 is 0 Å². The number of imide groups is 1. The van der Waals surface area contributed by atoms with E-state index in [4.69, 9.17) is 4.74 Å². The molecular formula is C22H21F2N3O5. The summed E-state index contributed by atoms with van der Waals surface area (Å²) in [7, 11) is 1.53. The highest BCUT2D eigenvalue weighted by Gasteiger charge is 2.35. The van der Waals surface area contributed by atoms with Gasteiger partial charge in [-0.3, -0.25) is 24.1 Å².